The molecule has 0 atom stereocenters. The molecule has 0 aliphatic carbocycles. The van der Waals surface area contributed by atoms with E-state index in [2.05, 4.69) is 29.9 Å². The molecule has 0 fully saturated rings. The average Bonchev–Trinajstić information content (AvgIpc) is 2.47. The third-order valence-electron chi connectivity index (χ3n) is 2.15. The smallest absolute Gasteiger partial charge is 0.0665 e. The molecular weight excluding hydrogens is 148 g/mol. The number of nitrogens with zero attached hydrogens (tertiary/aromatic N) is 2. The van der Waals surface area contributed by atoms with Gasteiger partial charge in [-0.15, -0.1) is 0 Å². The second-order valence-electron chi connectivity index (χ2n) is 3.39. The number of fused-ring (bicyclic) bond motifs is 1. The standard InChI is InChI=1S/C10H12N2/c1-7(2)10-9-3-4-11-5-8(9)6-12-10/h3-5,7H,6H2,1-2H3. The number of aromatic nitrogens is 1. The molecule has 0 saturated heterocycles. The highest BCUT2D eigenvalue weighted by molar-refractivity contribution is 6.04. The minimum atomic E-state index is 0.522. The van der Waals surface area contributed by atoms with E-state index in [9.17, 15) is 0 Å². The maximum absolute atomic E-state index is 4.48. The highest BCUT2D eigenvalue weighted by Crippen LogP contribution is 2.21. The van der Waals surface area contributed by atoms with E-state index in [4.69, 9.17) is 0 Å². The topological polar surface area (TPSA) is 25.2 Å². The van der Waals surface area contributed by atoms with Crippen molar-refractivity contribution in [1.29, 1.82) is 0 Å². The molecule has 62 valence electrons. The fourth-order valence-electron chi connectivity index (χ4n) is 1.55. The molecule has 0 saturated carbocycles. The predicted octanol–water partition coefficient (Wildman–Crippen LogP) is 2.04. The van der Waals surface area contributed by atoms with E-state index in [0.29, 0.717) is 5.92 Å². The summed E-state index contributed by atoms with van der Waals surface area (Å²) in [6, 6.07) is 2.06. The Morgan fingerprint density at radius 1 is 1.42 bits per heavy atom. The number of hydrogen-bond acceptors (Lipinski definition) is 2. The second kappa shape index (κ2) is 2.70. The number of rotatable bonds is 1. The van der Waals surface area contributed by atoms with Gasteiger partial charge in [-0.2, -0.15) is 0 Å². The van der Waals surface area contributed by atoms with Crippen LogP contribution < -0.4 is 0 Å². The van der Waals surface area contributed by atoms with Crippen molar-refractivity contribution in [2.75, 3.05) is 0 Å². The third-order valence-corrected chi connectivity index (χ3v) is 2.15. The van der Waals surface area contributed by atoms with E-state index >= 15 is 0 Å². The molecule has 12 heavy (non-hydrogen) atoms. The normalized spacial score (nSPS) is 14.8. The Kier molecular flexibility index (Phi) is 1.68. The Hall–Kier alpha value is -1.18. The molecule has 1 aromatic heterocycles. The van der Waals surface area contributed by atoms with Gasteiger partial charge in [0.15, 0.2) is 0 Å². The minimum Gasteiger partial charge on any atom is -0.284 e. The van der Waals surface area contributed by atoms with Crippen molar-refractivity contribution in [1.82, 2.24) is 4.98 Å². The first kappa shape index (κ1) is 7.47. The summed E-state index contributed by atoms with van der Waals surface area (Å²) in [6.45, 7) is 5.17. The van der Waals surface area contributed by atoms with Crippen molar-refractivity contribution in [3.63, 3.8) is 0 Å². The van der Waals surface area contributed by atoms with Gasteiger partial charge >= 0.3 is 0 Å². The molecule has 2 rings (SSSR count). The van der Waals surface area contributed by atoms with Gasteiger partial charge in [-0.05, 0) is 12.0 Å². The maximum atomic E-state index is 4.48. The van der Waals surface area contributed by atoms with Gasteiger partial charge in [-0.25, -0.2) is 0 Å². The number of pyridine rings is 1. The van der Waals surface area contributed by atoms with Crippen LogP contribution in [0, 0.1) is 5.92 Å². The van der Waals surface area contributed by atoms with E-state index in [0.717, 1.165) is 6.54 Å². The Labute approximate surface area is 72.4 Å². The monoisotopic (exact) mass is 160 g/mol. The first-order valence-corrected chi connectivity index (χ1v) is 4.26. The van der Waals surface area contributed by atoms with Crippen molar-refractivity contribution in [3.8, 4) is 0 Å². The van der Waals surface area contributed by atoms with Crippen molar-refractivity contribution >= 4 is 5.71 Å². The van der Waals surface area contributed by atoms with E-state index < -0.39 is 0 Å². The molecule has 0 bridgehead atoms. The summed E-state index contributed by atoms with van der Waals surface area (Å²) in [7, 11) is 0. The van der Waals surface area contributed by atoms with E-state index in [1.807, 2.05) is 12.4 Å². The Balaban J connectivity index is 2.45. The molecule has 0 unspecified atom stereocenters. The van der Waals surface area contributed by atoms with Gasteiger partial charge in [-0.3, -0.25) is 9.98 Å². The molecule has 0 radical (unpaired) electrons. The van der Waals surface area contributed by atoms with Gasteiger partial charge in [0.05, 0.1) is 6.54 Å². The van der Waals surface area contributed by atoms with Crippen LogP contribution in [0.4, 0.5) is 0 Å². The van der Waals surface area contributed by atoms with Gasteiger partial charge in [0.25, 0.3) is 0 Å². The van der Waals surface area contributed by atoms with Gasteiger partial charge in [0.2, 0.25) is 0 Å². The summed E-state index contributed by atoms with van der Waals surface area (Å²) in [4.78, 5) is 8.56. The lowest BCUT2D eigenvalue weighted by molar-refractivity contribution is 0.882. The van der Waals surface area contributed by atoms with E-state index in [1.54, 1.807) is 0 Å². The molecule has 2 heterocycles. The van der Waals surface area contributed by atoms with Gasteiger partial charge in [0, 0.05) is 29.2 Å². The van der Waals surface area contributed by atoms with Crippen molar-refractivity contribution < 1.29 is 0 Å². The molecular formula is C10H12N2. The largest absolute Gasteiger partial charge is 0.284 e. The van der Waals surface area contributed by atoms with Crippen LogP contribution in [-0.4, -0.2) is 10.7 Å². The highest BCUT2D eigenvalue weighted by Gasteiger charge is 2.17. The van der Waals surface area contributed by atoms with Crippen LogP contribution in [0.15, 0.2) is 23.5 Å². The molecule has 0 N–H and O–H groups in total. The van der Waals surface area contributed by atoms with Crippen molar-refractivity contribution in [2.24, 2.45) is 10.9 Å². The van der Waals surface area contributed by atoms with Crippen LogP contribution in [0.5, 0.6) is 0 Å². The SMILES string of the molecule is CC(C)C1=NCc2cnccc21. The van der Waals surface area contributed by atoms with Crippen LogP contribution in [0.1, 0.15) is 25.0 Å². The van der Waals surface area contributed by atoms with Crippen LogP contribution in [0.2, 0.25) is 0 Å². The lowest BCUT2D eigenvalue weighted by atomic mass is 10.00. The fraction of sp³-hybridized carbons (Fsp3) is 0.400. The summed E-state index contributed by atoms with van der Waals surface area (Å²) in [5, 5.41) is 0. The molecule has 1 aliphatic rings. The molecule has 0 amide bonds. The second-order valence-corrected chi connectivity index (χ2v) is 3.39. The zero-order valence-corrected chi connectivity index (χ0v) is 7.41. The Morgan fingerprint density at radius 3 is 3.00 bits per heavy atom. The number of aliphatic imine (C=N–C) groups is 1. The quantitative estimate of drug-likeness (QED) is 0.617. The van der Waals surface area contributed by atoms with Crippen molar-refractivity contribution in [2.45, 2.75) is 20.4 Å². The van der Waals surface area contributed by atoms with Gasteiger partial charge < -0.3 is 0 Å². The van der Waals surface area contributed by atoms with Crippen molar-refractivity contribution in [3.05, 3.63) is 29.6 Å². The zero-order valence-electron chi connectivity index (χ0n) is 7.41. The lowest BCUT2D eigenvalue weighted by Crippen LogP contribution is -2.06. The first-order valence-electron chi connectivity index (χ1n) is 4.26. The zero-order chi connectivity index (χ0) is 8.55. The average molecular weight is 160 g/mol. The van der Waals surface area contributed by atoms with Crippen LogP contribution in [0.3, 0.4) is 0 Å². The van der Waals surface area contributed by atoms with Gasteiger partial charge in [0.1, 0.15) is 0 Å². The Bertz CT molecular complexity index is 326. The summed E-state index contributed by atoms with van der Waals surface area (Å²) in [5.41, 5.74) is 3.79. The predicted molar refractivity (Wildman–Crippen MR) is 49.3 cm³/mol. The van der Waals surface area contributed by atoms with Crippen LogP contribution in [-0.2, 0) is 6.54 Å². The highest BCUT2D eigenvalue weighted by atomic mass is 14.8. The summed E-state index contributed by atoms with van der Waals surface area (Å²) < 4.78 is 0. The fourth-order valence-corrected chi connectivity index (χ4v) is 1.55. The number of hydrogen-bond donors (Lipinski definition) is 0. The molecule has 1 aliphatic heterocycles. The molecule has 1 aromatic rings. The summed E-state index contributed by atoms with van der Waals surface area (Å²) >= 11 is 0. The molecule has 2 nitrogen and oxygen atoms in total. The lowest BCUT2D eigenvalue weighted by Gasteiger charge is -2.05. The first-order chi connectivity index (χ1) is 5.79. The summed E-state index contributed by atoms with van der Waals surface area (Å²) in [5.74, 6) is 0.522. The molecule has 0 aromatic carbocycles. The maximum Gasteiger partial charge on any atom is 0.0665 e. The third kappa shape index (κ3) is 1.04. The van der Waals surface area contributed by atoms with E-state index in [-0.39, 0.29) is 0 Å². The minimum absolute atomic E-state index is 0.522. The van der Waals surface area contributed by atoms with Gasteiger partial charge in [-0.1, -0.05) is 13.8 Å². The van der Waals surface area contributed by atoms with Crippen LogP contribution in [0.25, 0.3) is 0 Å². The van der Waals surface area contributed by atoms with Crippen LogP contribution >= 0.6 is 0 Å². The molecule has 0 spiro atoms. The Morgan fingerprint density at radius 2 is 2.25 bits per heavy atom. The summed E-state index contributed by atoms with van der Waals surface area (Å²) in [6.07, 6.45) is 3.75. The van der Waals surface area contributed by atoms with E-state index in [1.165, 1.54) is 16.8 Å². The molecule has 2 heteroatoms.